The van der Waals surface area contributed by atoms with Crippen molar-refractivity contribution in [2.75, 3.05) is 12.4 Å². The van der Waals surface area contributed by atoms with Gasteiger partial charge >= 0.3 is 0 Å². The largest absolute Gasteiger partial charge is 0.483 e. The summed E-state index contributed by atoms with van der Waals surface area (Å²) < 4.78 is 0. The molecule has 3 amide bonds. The van der Waals surface area contributed by atoms with E-state index >= 15 is 0 Å². The van der Waals surface area contributed by atoms with Crippen LogP contribution in [0.4, 0.5) is 5.69 Å². The molecule has 2 aromatic carbocycles. The fraction of sp³-hybridized carbons (Fsp3) is 0.440. The molecule has 0 aliphatic rings. The van der Waals surface area contributed by atoms with Crippen LogP contribution in [-0.4, -0.2) is 54.5 Å². The third-order valence-corrected chi connectivity index (χ3v) is 5.37. The first-order chi connectivity index (χ1) is 16.1. The van der Waals surface area contributed by atoms with E-state index in [1.54, 1.807) is 14.0 Å². The van der Waals surface area contributed by atoms with Crippen LogP contribution < -0.4 is 21.3 Å². The van der Waals surface area contributed by atoms with Crippen molar-refractivity contribution < 1.29 is 24.3 Å². The number of hydrogen-bond donors (Lipinski definition) is 5. The third kappa shape index (κ3) is 8.15. The van der Waals surface area contributed by atoms with Crippen LogP contribution >= 0.6 is 0 Å². The van der Waals surface area contributed by atoms with Gasteiger partial charge in [0.05, 0.1) is 6.04 Å². The zero-order valence-corrected chi connectivity index (χ0v) is 20.6. The molecular weight excluding hydrogens is 436 g/mol. The van der Waals surface area contributed by atoms with Crippen molar-refractivity contribution >= 4 is 40.7 Å². The number of nitrogens with one attached hydrogen (secondary N) is 4. The lowest BCUT2D eigenvalue weighted by atomic mass is 9.99. The van der Waals surface area contributed by atoms with Gasteiger partial charge in [0.2, 0.25) is 17.7 Å². The van der Waals surface area contributed by atoms with Crippen LogP contribution in [0.25, 0.3) is 10.8 Å². The Morgan fingerprint density at radius 3 is 1.85 bits per heavy atom. The summed E-state index contributed by atoms with van der Waals surface area (Å²) >= 11 is 0. The number of likely N-dealkylation sites (N-methyl/N-ethyl adjacent to an activating group) is 1. The van der Waals surface area contributed by atoms with Crippen molar-refractivity contribution in [3.8, 4) is 0 Å². The lowest BCUT2D eigenvalue weighted by Crippen LogP contribution is -2.57. The molecule has 0 bridgehead atoms. The van der Waals surface area contributed by atoms with Crippen LogP contribution in [-0.2, 0) is 19.2 Å². The molecule has 0 aliphatic carbocycles. The molecular formula is C25H36N4O5. The molecule has 34 heavy (non-hydrogen) atoms. The molecule has 2 aromatic rings. The molecule has 3 atom stereocenters. The summed E-state index contributed by atoms with van der Waals surface area (Å²) in [5.41, 5.74) is 0.694. The highest BCUT2D eigenvalue weighted by molar-refractivity contribution is 6.05. The molecule has 9 heteroatoms. The Morgan fingerprint density at radius 1 is 0.794 bits per heavy atom. The summed E-state index contributed by atoms with van der Waals surface area (Å²) in [7, 11) is 1.68. The van der Waals surface area contributed by atoms with Gasteiger partial charge in [-0.1, -0.05) is 64.1 Å². The van der Waals surface area contributed by atoms with Gasteiger partial charge in [0.25, 0.3) is 6.47 Å². The quantitative estimate of drug-likeness (QED) is 0.356. The zero-order valence-electron chi connectivity index (χ0n) is 20.6. The molecule has 0 heterocycles. The minimum atomic E-state index is -0.744. The summed E-state index contributed by atoms with van der Waals surface area (Å²) in [6, 6.07) is 11.6. The van der Waals surface area contributed by atoms with Crippen LogP contribution in [0.1, 0.15) is 34.6 Å². The third-order valence-electron chi connectivity index (χ3n) is 5.37. The standard InChI is InChI=1S/C24H34N4O3.CH2O2/c1-14(2)20(28-24(31)21(15(3)4)27-22(29)16(5)25-6)23(30)26-19-13-9-11-17-10-7-8-12-18(17)19;2-1-3/h7-16,20-21,25H,1-6H3,(H,26,30)(H,27,29)(H,28,31);1H,(H,2,3)/t16-,20-,21-;/m0./s1. The number of carboxylic acid groups (broad SMARTS) is 1. The highest BCUT2D eigenvalue weighted by Gasteiger charge is 2.31. The van der Waals surface area contributed by atoms with Gasteiger partial charge in [-0.25, -0.2) is 0 Å². The SMILES string of the molecule is CN[C@@H](C)C(=O)N[C@H](C(=O)N[C@H](C(=O)Nc1cccc2ccccc12)C(C)C)C(C)C.O=CO. The van der Waals surface area contributed by atoms with E-state index < -0.39 is 18.1 Å². The number of hydrogen-bond acceptors (Lipinski definition) is 5. The Balaban J connectivity index is 0.00000182. The minimum Gasteiger partial charge on any atom is -0.483 e. The average molecular weight is 473 g/mol. The van der Waals surface area contributed by atoms with Crippen molar-refractivity contribution in [3.05, 3.63) is 42.5 Å². The van der Waals surface area contributed by atoms with Crippen LogP contribution in [0.15, 0.2) is 42.5 Å². The molecule has 0 spiro atoms. The van der Waals surface area contributed by atoms with Gasteiger partial charge in [-0.3, -0.25) is 19.2 Å². The number of carbonyl (C=O) groups is 4. The second-order valence-corrected chi connectivity index (χ2v) is 8.59. The lowest BCUT2D eigenvalue weighted by molar-refractivity contribution is -0.133. The maximum absolute atomic E-state index is 13.1. The number of benzene rings is 2. The Hall–Kier alpha value is -3.46. The van der Waals surface area contributed by atoms with E-state index in [4.69, 9.17) is 9.90 Å². The van der Waals surface area contributed by atoms with E-state index in [1.807, 2.05) is 70.2 Å². The molecule has 0 aromatic heterocycles. The minimum absolute atomic E-state index is 0.137. The fourth-order valence-corrected chi connectivity index (χ4v) is 3.27. The zero-order chi connectivity index (χ0) is 25.8. The van der Waals surface area contributed by atoms with Crippen molar-refractivity contribution in [1.29, 1.82) is 0 Å². The van der Waals surface area contributed by atoms with Gasteiger partial charge in [-0.05, 0) is 37.3 Å². The molecule has 0 radical (unpaired) electrons. The monoisotopic (exact) mass is 472 g/mol. The maximum atomic E-state index is 13.1. The average Bonchev–Trinajstić information content (AvgIpc) is 2.80. The predicted octanol–water partition coefficient (Wildman–Crippen LogP) is 2.37. The van der Waals surface area contributed by atoms with Gasteiger partial charge in [0, 0.05) is 11.1 Å². The van der Waals surface area contributed by atoms with E-state index in [2.05, 4.69) is 21.3 Å². The smallest absolute Gasteiger partial charge is 0.290 e. The molecule has 5 N–H and O–H groups in total. The van der Waals surface area contributed by atoms with Gasteiger partial charge in [-0.15, -0.1) is 0 Å². The van der Waals surface area contributed by atoms with Crippen molar-refractivity contribution in [2.45, 2.75) is 52.7 Å². The summed E-state index contributed by atoms with van der Waals surface area (Å²) in [5.74, 6) is -1.21. The molecule has 0 fully saturated rings. The second kappa shape index (κ2) is 13.9. The van der Waals surface area contributed by atoms with E-state index in [1.165, 1.54) is 0 Å². The summed E-state index contributed by atoms with van der Waals surface area (Å²) in [6.45, 7) is 8.93. The first-order valence-corrected chi connectivity index (χ1v) is 11.2. The first kappa shape index (κ1) is 28.6. The molecule has 0 saturated heterocycles. The number of anilines is 1. The lowest BCUT2D eigenvalue weighted by Gasteiger charge is -2.28. The Kier molecular flexibility index (Phi) is 11.7. The highest BCUT2D eigenvalue weighted by Crippen LogP contribution is 2.23. The van der Waals surface area contributed by atoms with Gasteiger partial charge in [0.15, 0.2) is 0 Å². The molecule has 186 valence electrons. The molecule has 2 rings (SSSR count). The number of fused-ring (bicyclic) bond motifs is 1. The van der Waals surface area contributed by atoms with Gasteiger partial charge < -0.3 is 26.4 Å². The Morgan fingerprint density at radius 2 is 1.29 bits per heavy atom. The number of rotatable bonds is 9. The van der Waals surface area contributed by atoms with Crippen LogP contribution in [0.2, 0.25) is 0 Å². The van der Waals surface area contributed by atoms with Crippen LogP contribution in [0, 0.1) is 11.8 Å². The number of amides is 3. The van der Waals surface area contributed by atoms with Crippen molar-refractivity contribution in [1.82, 2.24) is 16.0 Å². The second-order valence-electron chi connectivity index (χ2n) is 8.59. The van der Waals surface area contributed by atoms with E-state index in [9.17, 15) is 14.4 Å². The topological polar surface area (TPSA) is 137 Å². The predicted molar refractivity (Wildman–Crippen MR) is 133 cm³/mol. The summed E-state index contributed by atoms with van der Waals surface area (Å²) in [5, 5.41) is 20.3. The maximum Gasteiger partial charge on any atom is 0.290 e. The molecule has 0 aliphatic heterocycles. The van der Waals surface area contributed by atoms with Crippen LogP contribution in [0.3, 0.4) is 0 Å². The number of carbonyl (C=O) groups excluding carboxylic acids is 3. The van der Waals surface area contributed by atoms with E-state index in [0.29, 0.717) is 5.69 Å². The Labute approximate surface area is 200 Å². The Bertz CT molecular complexity index is 971. The van der Waals surface area contributed by atoms with E-state index in [0.717, 1.165) is 10.8 Å². The fourth-order valence-electron chi connectivity index (χ4n) is 3.27. The normalized spacial score (nSPS) is 13.3. The molecule has 0 saturated carbocycles. The van der Waals surface area contributed by atoms with Crippen molar-refractivity contribution in [3.63, 3.8) is 0 Å². The first-order valence-electron chi connectivity index (χ1n) is 11.2. The van der Waals surface area contributed by atoms with Crippen molar-refractivity contribution in [2.24, 2.45) is 11.8 Å². The summed E-state index contributed by atoms with van der Waals surface area (Å²) in [4.78, 5) is 46.7. The molecule has 0 unspecified atom stereocenters. The summed E-state index contributed by atoms with van der Waals surface area (Å²) in [6.07, 6.45) is 0. The van der Waals surface area contributed by atoms with Gasteiger partial charge in [-0.2, -0.15) is 0 Å². The van der Waals surface area contributed by atoms with Gasteiger partial charge in [0.1, 0.15) is 12.1 Å². The van der Waals surface area contributed by atoms with Crippen LogP contribution in [0.5, 0.6) is 0 Å². The molecule has 9 nitrogen and oxygen atoms in total. The van der Waals surface area contributed by atoms with E-state index in [-0.39, 0.29) is 36.0 Å². The highest BCUT2D eigenvalue weighted by atomic mass is 16.3.